The molecule has 6 nitrogen and oxygen atoms in total. The summed E-state index contributed by atoms with van der Waals surface area (Å²) >= 11 is 0. The van der Waals surface area contributed by atoms with Crippen molar-refractivity contribution in [3.05, 3.63) is 83.6 Å². The Bertz CT molecular complexity index is 880. The van der Waals surface area contributed by atoms with Gasteiger partial charge < -0.3 is 24.8 Å². The molecule has 0 saturated carbocycles. The number of rotatable bonds is 11. The minimum atomic E-state index is 0.0603. The Hall–Kier alpha value is -3.09. The van der Waals surface area contributed by atoms with E-state index < -0.39 is 0 Å². The van der Waals surface area contributed by atoms with Crippen molar-refractivity contribution in [2.45, 2.75) is 26.1 Å². The van der Waals surface area contributed by atoms with E-state index in [0.29, 0.717) is 19.6 Å². The van der Waals surface area contributed by atoms with Crippen LogP contribution in [0.2, 0.25) is 0 Å². The number of benzene rings is 2. The van der Waals surface area contributed by atoms with E-state index in [9.17, 15) is 5.11 Å². The molecular weight excluding hydrogens is 390 g/mol. The third-order valence-corrected chi connectivity index (χ3v) is 5.21. The molecule has 0 unspecified atom stereocenters. The van der Waals surface area contributed by atoms with Crippen molar-refractivity contribution in [3.8, 4) is 11.5 Å². The minimum Gasteiger partial charge on any atom is -0.497 e. The Morgan fingerprint density at radius 2 is 1.45 bits per heavy atom. The van der Waals surface area contributed by atoms with Crippen molar-refractivity contribution in [3.63, 3.8) is 0 Å². The van der Waals surface area contributed by atoms with Crippen LogP contribution in [0, 0.1) is 0 Å². The van der Waals surface area contributed by atoms with Gasteiger partial charge in [0.1, 0.15) is 17.3 Å². The van der Waals surface area contributed by atoms with Crippen molar-refractivity contribution in [1.29, 1.82) is 0 Å². The SMILES string of the molecule is COc1ccc(CN(Cc2ccc(OC)cc2)c2ncccc2[C@H](C)NCCO)cc1. The van der Waals surface area contributed by atoms with Crippen molar-refractivity contribution < 1.29 is 14.6 Å². The highest BCUT2D eigenvalue weighted by atomic mass is 16.5. The van der Waals surface area contributed by atoms with Gasteiger partial charge in [0.05, 0.1) is 20.8 Å². The van der Waals surface area contributed by atoms with Crippen molar-refractivity contribution >= 4 is 5.82 Å². The highest BCUT2D eigenvalue weighted by Crippen LogP contribution is 2.27. The van der Waals surface area contributed by atoms with Gasteiger partial charge in [-0.05, 0) is 48.4 Å². The summed E-state index contributed by atoms with van der Waals surface area (Å²) in [5.74, 6) is 2.60. The summed E-state index contributed by atoms with van der Waals surface area (Å²) in [6.07, 6.45) is 1.83. The summed E-state index contributed by atoms with van der Waals surface area (Å²) in [6.45, 7) is 4.13. The van der Waals surface area contributed by atoms with Crippen LogP contribution in [0.3, 0.4) is 0 Å². The number of aliphatic hydroxyl groups is 1. The van der Waals surface area contributed by atoms with E-state index in [1.54, 1.807) is 14.2 Å². The fourth-order valence-corrected chi connectivity index (χ4v) is 3.51. The molecule has 2 N–H and O–H groups in total. The lowest BCUT2D eigenvalue weighted by Crippen LogP contribution is -2.28. The molecule has 1 atom stereocenters. The van der Waals surface area contributed by atoms with Crippen LogP contribution < -0.4 is 19.7 Å². The fourth-order valence-electron chi connectivity index (χ4n) is 3.51. The summed E-state index contributed by atoms with van der Waals surface area (Å²) in [7, 11) is 3.35. The minimum absolute atomic E-state index is 0.0603. The van der Waals surface area contributed by atoms with Gasteiger partial charge in [-0.2, -0.15) is 0 Å². The first-order chi connectivity index (χ1) is 15.1. The van der Waals surface area contributed by atoms with E-state index >= 15 is 0 Å². The molecule has 6 heteroatoms. The molecule has 0 fully saturated rings. The lowest BCUT2D eigenvalue weighted by Gasteiger charge is -2.28. The summed E-state index contributed by atoms with van der Waals surface area (Å²) in [6, 6.07) is 20.3. The third kappa shape index (κ3) is 6.20. The highest BCUT2D eigenvalue weighted by molar-refractivity contribution is 5.50. The lowest BCUT2D eigenvalue weighted by atomic mass is 10.1. The summed E-state index contributed by atoms with van der Waals surface area (Å²) in [5, 5.41) is 12.6. The second kappa shape index (κ2) is 11.3. The van der Waals surface area contributed by atoms with Gasteiger partial charge in [-0.1, -0.05) is 30.3 Å². The summed E-state index contributed by atoms with van der Waals surface area (Å²) in [4.78, 5) is 7.02. The van der Waals surface area contributed by atoms with E-state index in [2.05, 4.69) is 47.5 Å². The second-order valence-corrected chi connectivity index (χ2v) is 7.37. The van der Waals surface area contributed by atoms with Gasteiger partial charge >= 0.3 is 0 Å². The number of anilines is 1. The van der Waals surface area contributed by atoms with E-state index in [1.165, 1.54) is 11.1 Å². The number of hydrogen-bond acceptors (Lipinski definition) is 6. The Kier molecular flexibility index (Phi) is 8.27. The predicted molar refractivity (Wildman–Crippen MR) is 124 cm³/mol. The standard InChI is InChI=1S/C25H31N3O3/c1-19(26-15-16-29)24-5-4-14-27-25(24)28(17-20-6-10-22(30-2)11-7-20)18-21-8-12-23(31-3)13-9-21/h4-14,19,26,29H,15-18H2,1-3H3/t19-/m0/s1. The van der Waals surface area contributed by atoms with Crippen LogP contribution in [0.4, 0.5) is 5.82 Å². The van der Waals surface area contributed by atoms with Gasteiger partial charge in [-0.15, -0.1) is 0 Å². The number of nitrogens with zero attached hydrogens (tertiary/aromatic N) is 2. The monoisotopic (exact) mass is 421 g/mol. The summed E-state index contributed by atoms with van der Waals surface area (Å²) in [5.41, 5.74) is 3.43. The van der Waals surface area contributed by atoms with Crippen LogP contribution in [0.15, 0.2) is 66.9 Å². The fraction of sp³-hybridized carbons (Fsp3) is 0.320. The van der Waals surface area contributed by atoms with Gasteiger partial charge in [-0.3, -0.25) is 0 Å². The topological polar surface area (TPSA) is 66.9 Å². The molecule has 0 aliphatic heterocycles. The molecule has 3 rings (SSSR count). The van der Waals surface area contributed by atoms with Gasteiger partial charge in [0.25, 0.3) is 0 Å². The van der Waals surface area contributed by atoms with E-state index in [0.717, 1.165) is 22.9 Å². The Balaban J connectivity index is 1.92. The molecule has 1 aromatic heterocycles. The second-order valence-electron chi connectivity index (χ2n) is 7.37. The molecule has 0 amide bonds. The lowest BCUT2D eigenvalue weighted by molar-refractivity contribution is 0.286. The molecular formula is C25H31N3O3. The molecule has 0 radical (unpaired) electrons. The number of pyridine rings is 1. The number of hydrogen-bond donors (Lipinski definition) is 2. The maximum absolute atomic E-state index is 9.21. The molecule has 164 valence electrons. The van der Waals surface area contributed by atoms with E-state index in [4.69, 9.17) is 14.5 Å². The first-order valence-corrected chi connectivity index (χ1v) is 10.4. The average molecular weight is 422 g/mol. The zero-order valence-electron chi connectivity index (χ0n) is 18.4. The number of methoxy groups -OCH3 is 2. The first kappa shape index (κ1) is 22.6. The number of ether oxygens (including phenoxy) is 2. The number of nitrogens with one attached hydrogen (secondary N) is 1. The Morgan fingerprint density at radius 1 is 0.903 bits per heavy atom. The summed E-state index contributed by atoms with van der Waals surface area (Å²) < 4.78 is 10.6. The molecule has 3 aromatic rings. The maximum Gasteiger partial charge on any atom is 0.133 e. The quantitative estimate of drug-likeness (QED) is 0.489. The van der Waals surface area contributed by atoms with Crippen molar-refractivity contribution in [2.24, 2.45) is 0 Å². The van der Waals surface area contributed by atoms with Gasteiger partial charge in [-0.25, -0.2) is 4.98 Å². The predicted octanol–water partition coefficient (Wildman–Crippen LogP) is 3.95. The highest BCUT2D eigenvalue weighted by Gasteiger charge is 2.18. The van der Waals surface area contributed by atoms with Crippen LogP contribution in [-0.2, 0) is 13.1 Å². The number of aliphatic hydroxyl groups excluding tert-OH is 1. The smallest absolute Gasteiger partial charge is 0.133 e. The van der Waals surface area contributed by atoms with E-state index in [-0.39, 0.29) is 12.6 Å². The first-order valence-electron chi connectivity index (χ1n) is 10.4. The van der Waals surface area contributed by atoms with Gasteiger partial charge in [0.15, 0.2) is 0 Å². The van der Waals surface area contributed by atoms with Crippen molar-refractivity contribution in [1.82, 2.24) is 10.3 Å². The van der Waals surface area contributed by atoms with Crippen LogP contribution in [-0.4, -0.2) is 37.5 Å². The zero-order valence-corrected chi connectivity index (χ0v) is 18.4. The Labute approximate surface area is 184 Å². The van der Waals surface area contributed by atoms with Gasteiger partial charge in [0, 0.05) is 37.4 Å². The molecule has 31 heavy (non-hydrogen) atoms. The zero-order chi connectivity index (χ0) is 22.1. The third-order valence-electron chi connectivity index (χ3n) is 5.21. The van der Waals surface area contributed by atoms with Crippen LogP contribution in [0.1, 0.15) is 29.7 Å². The van der Waals surface area contributed by atoms with E-state index in [1.807, 2.05) is 36.5 Å². The van der Waals surface area contributed by atoms with Crippen LogP contribution >= 0.6 is 0 Å². The molecule has 2 aromatic carbocycles. The number of aromatic nitrogens is 1. The molecule has 0 bridgehead atoms. The molecule has 0 aliphatic rings. The van der Waals surface area contributed by atoms with Crippen LogP contribution in [0.25, 0.3) is 0 Å². The van der Waals surface area contributed by atoms with Gasteiger partial charge in [0.2, 0.25) is 0 Å². The average Bonchev–Trinajstić information content (AvgIpc) is 2.83. The Morgan fingerprint density at radius 3 is 1.94 bits per heavy atom. The molecule has 0 spiro atoms. The van der Waals surface area contributed by atoms with Crippen molar-refractivity contribution in [2.75, 3.05) is 32.3 Å². The molecule has 1 heterocycles. The molecule has 0 saturated heterocycles. The molecule has 0 aliphatic carbocycles. The largest absolute Gasteiger partial charge is 0.497 e. The van der Waals surface area contributed by atoms with Crippen LogP contribution in [0.5, 0.6) is 11.5 Å². The maximum atomic E-state index is 9.21. The normalized spacial score (nSPS) is 11.7.